The molecule has 1 aromatic heterocycles. The third kappa shape index (κ3) is 2.27. The van der Waals surface area contributed by atoms with Gasteiger partial charge in [-0.05, 0) is 32.9 Å². The van der Waals surface area contributed by atoms with Crippen LogP contribution in [0.2, 0.25) is 0 Å². The number of piperidine rings is 1. The number of fused-ring (bicyclic) bond motifs is 1. The van der Waals surface area contributed by atoms with E-state index in [-0.39, 0.29) is 5.92 Å². The van der Waals surface area contributed by atoms with Crippen LogP contribution in [0.5, 0.6) is 0 Å². The molecule has 3 rings (SSSR count). The lowest BCUT2D eigenvalue weighted by Crippen LogP contribution is -2.33. The second kappa shape index (κ2) is 4.96. The fourth-order valence-electron chi connectivity index (χ4n) is 3.37. The van der Waals surface area contributed by atoms with Crippen LogP contribution in [0.3, 0.4) is 0 Å². The number of hydrogen-bond donors (Lipinski definition) is 1. The van der Waals surface area contributed by atoms with Crippen LogP contribution >= 0.6 is 0 Å². The van der Waals surface area contributed by atoms with Gasteiger partial charge in [0.25, 0.3) is 0 Å². The molecule has 0 aromatic carbocycles. The lowest BCUT2D eigenvalue weighted by molar-refractivity contribution is -0.142. The molecule has 1 fully saturated rings. The number of imidazole rings is 1. The quantitative estimate of drug-likeness (QED) is 0.882. The number of carboxylic acid groups (broad SMARTS) is 1. The minimum absolute atomic E-state index is 0.235. The average Bonchev–Trinajstić information content (AvgIpc) is 2.82. The highest BCUT2D eigenvalue weighted by Crippen LogP contribution is 2.32. The Morgan fingerprint density at radius 2 is 2.21 bits per heavy atom. The highest BCUT2D eigenvalue weighted by molar-refractivity contribution is 5.70. The first-order chi connectivity index (χ1) is 9.16. The Balaban J connectivity index is 1.84. The van der Waals surface area contributed by atoms with Crippen LogP contribution in [0.15, 0.2) is 6.20 Å². The fourth-order valence-corrected chi connectivity index (χ4v) is 3.37. The van der Waals surface area contributed by atoms with Crippen molar-refractivity contribution in [2.75, 3.05) is 13.6 Å². The lowest BCUT2D eigenvalue weighted by atomic mass is 9.96. The van der Waals surface area contributed by atoms with Crippen molar-refractivity contribution in [3.63, 3.8) is 0 Å². The zero-order valence-electron chi connectivity index (χ0n) is 11.4. The van der Waals surface area contributed by atoms with Crippen molar-refractivity contribution in [2.24, 2.45) is 5.92 Å². The van der Waals surface area contributed by atoms with Crippen molar-refractivity contribution in [1.82, 2.24) is 14.5 Å². The maximum Gasteiger partial charge on any atom is 0.306 e. The summed E-state index contributed by atoms with van der Waals surface area (Å²) < 4.78 is 2.26. The third-order valence-electron chi connectivity index (χ3n) is 4.54. The number of carboxylic acids is 1. The molecular weight excluding hydrogens is 242 g/mol. The molecule has 2 unspecified atom stereocenters. The molecule has 0 radical (unpaired) electrons. The smallest absolute Gasteiger partial charge is 0.306 e. The van der Waals surface area contributed by atoms with Crippen molar-refractivity contribution in [3.05, 3.63) is 17.7 Å². The van der Waals surface area contributed by atoms with Gasteiger partial charge in [0.05, 0.1) is 12.0 Å². The highest BCUT2D eigenvalue weighted by atomic mass is 16.4. The van der Waals surface area contributed by atoms with Gasteiger partial charge in [-0.1, -0.05) is 6.42 Å². The topological polar surface area (TPSA) is 58.4 Å². The minimum Gasteiger partial charge on any atom is -0.481 e. The van der Waals surface area contributed by atoms with Gasteiger partial charge < -0.3 is 9.67 Å². The van der Waals surface area contributed by atoms with Crippen molar-refractivity contribution in [2.45, 2.75) is 44.7 Å². The highest BCUT2D eigenvalue weighted by Gasteiger charge is 2.30. The average molecular weight is 263 g/mol. The molecule has 2 atom stereocenters. The van der Waals surface area contributed by atoms with E-state index >= 15 is 0 Å². The van der Waals surface area contributed by atoms with Crippen LogP contribution in [-0.4, -0.2) is 39.1 Å². The second-order valence-electron chi connectivity index (χ2n) is 5.78. The first-order valence-electron chi connectivity index (χ1n) is 7.14. The maximum atomic E-state index is 11.1. The molecule has 5 heteroatoms. The normalized spacial score (nSPS) is 28.1. The third-order valence-corrected chi connectivity index (χ3v) is 4.54. The van der Waals surface area contributed by atoms with Crippen molar-refractivity contribution < 1.29 is 9.90 Å². The molecule has 2 aliphatic heterocycles. The number of carbonyl (C=O) groups is 1. The SMILES string of the molecule is CN1CCCCC1c1ncc2n1CCC(C(=O)O)C2. The van der Waals surface area contributed by atoms with E-state index in [0.29, 0.717) is 12.5 Å². The van der Waals surface area contributed by atoms with E-state index < -0.39 is 5.97 Å². The summed E-state index contributed by atoms with van der Waals surface area (Å²) in [4.78, 5) is 18.1. The largest absolute Gasteiger partial charge is 0.481 e. The Morgan fingerprint density at radius 1 is 1.37 bits per heavy atom. The molecular formula is C14H21N3O2. The van der Waals surface area contributed by atoms with Gasteiger partial charge in [0.1, 0.15) is 5.82 Å². The molecule has 1 saturated heterocycles. The summed E-state index contributed by atoms with van der Waals surface area (Å²) in [5.74, 6) is 0.228. The van der Waals surface area contributed by atoms with Gasteiger partial charge in [-0.3, -0.25) is 9.69 Å². The van der Waals surface area contributed by atoms with Crippen LogP contribution in [0.1, 0.15) is 43.2 Å². The van der Waals surface area contributed by atoms with Crippen LogP contribution in [-0.2, 0) is 17.8 Å². The first-order valence-corrected chi connectivity index (χ1v) is 7.14. The number of rotatable bonds is 2. The summed E-state index contributed by atoms with van der Waals surface area (Å²) >= 11 is 0. The summed E-state index contributed by atoms with van der Waals surface area (Å²) in [6.07, 6.45) is 6.92. The summed E-state index contributed by atoms with van der Waals surface area (Å²) in [7, 11) is 2.16. The number of hydrogen-bond acceptors (Lipinski definition) is 3. The van der Waals surface area contributed by atoms with E-state index in [1.165, 1.54) is 12.8 Å². The van der Waals surface area contributed by atoms with Crippen LogP contribution in [0, 0.1) is 5.92 Å². The number of aromatic nitrogens is 2. The van der Waals surface area contributed by atoms with Crippen molar-refractivity contribution >= 4 is 5.97 Å². The number of aliphatic carboxylic acids is 1. The molecule has 1 N–H and O–H groups in total. The molecule has 2 aliphatic rings. The molecule has 0 amide bonds. The Labute approximate surface area is 113 Å². The maximum absolute atomic E-state index is 11.1. The molecule has 1 aromatic rings. The summed E-state index contributed by atoms with van der Waals surface area (Å²) in [6, 6.07) is 0.406. The molecule has 19 heavy (non-hydrogen) atoms. The van der Waals surface area contributed by atoms with Gasteiger partial charge in [-0.25, -0.2) is 4.98 Å². The van der Waals surface area contributed by atoms with Crippen LogP contribution in [0.4, 0.5) is 0 Å². The Hall–Kier alpha value is -1.36. The predicted octanol–water partition coefficient (Wildman–Crippen LogP) is 1.69. The van der Waals surface area contributed by atoms with Gasteiger partial charge >= 0.3 is 5.97 Å². The van der Waals surface area contributed by atoms with E-state index in [4.69, 9.17) is 5.11 Å². The van der Waals surface area contributed by atoms with Gasteiger partial charge in [0, 0.05) is 24.9 Å². The van der Waals surface area contributed by atoms with Gasteiger partial charge in [0.15, 0.2) is 0 Å². The van der Waals surface area contributed by atoms with E-state index in [2.05, 4.69) is 21.5 Å². The number of nitrogens with zero attached hydrogens (tertiary/aromatic N) is 3. The van der Waals surface area contributed by atoms with E-state index in [0.717, 1.165) is 37.4 Å². The first kappa shape index (κ1) is 12.7. The van der Waals surface area contributed by atoms with E-state index in [1.54, 1.807) is 0 Å². The summed E-state index contributed by atoms with van der Waals surface area (Å²) in [6.45, 7) is 1.93. The summed E-state index contributed by atoms with van der Waals surface area (Å²) in [5.41, 5.74) is 1.09. The van der Waals surface area contributed by atoms with Crippen molar-refractivity contribution in [1.29, 1.82) is 0 Å². The minimum atomic E-state index is -0.677. The van der Waals surface area contributed by atoms with Gasteiger partial charge in [-0.15, -0.1) is 0 Å². The van der Waals surface area contributed by atoms with E-state index in [1.807, 2.05) is 6.20 Å². The number of likely N-dealkylation sites (tertiary alicyclic amines) is 1. The Bertz CT molecular complexity index is 483. The molecule has 0 aliphatic carbocycles. The molecule has 0 saturated carbocycles. The standard InChI is InChI=1S/C14H21N3O2/c1-16-6-3-2-4-12(16)13-15-9-11-8-10(14(18)19)5-7-17(11)13/h9-10,12H,2-8H2,1H3,(H,18,19). The fraction of sp³-hybridized carbons (Fsp3) is 0.714. The van der Waals surface area contributed by atoms with Crippen LogP contribution in [0.25, 0.3) is 0 Å². The molecule has 0 bridgehead atoms. The zero-order valence-corrected chi connectivity index (χ0v) is 11.4. The summed E-state index contributed by atoms with van der Waals surface area (Å²) in [5, 5.41) is 9.12. The monoisotopic (exact) mass is 263 g/mol. The Morgan fingerprint density at radius 3 is 2.95 bits per heavy atom. The van der Waals surface area contributed by atoms with Gasteiger partial charge in [0.2, 0.25) is 0 Å². The van der Waals surface area contributed by atoms with Crippen LogP contribution < -0.4 is 0 Å². The lowest BCUT2D eigenvalue weighted by Gasteiger charge is -2.33. The molecule has 3 heterocycles. The van der Waals surface area contributed by atoms with E-state index in [9.17, 15) is 4.79 Å². The zero-order chi connectivity index (χ0) is 13.4. The van der Waals surface area contributed by atoms with Gasteiger partial charge in [-0.2, -0.15) is 0 Å². The molecule has 0 spiro atoms. The Kier molecular flexibility index (Phi) is 3.31. The molecule has 104 valence electrons. The second-order valence-corrected chi connectivity index (χ2v) is 5.78. The predicted molar refractivity (Wildman–Crippen MR) is 70.9 cm³/mol. The molecule has 5 nitrogen and oxygen atoms in total. The van der Waals surface area contributed by atoms with Crippen molar-refractivity contribution in [3.8, 4) is 0 Å².